The molecular formula is C48H74O19. The molecule has 67 heavy (non-hydrogen) atoms. The minimum absolute atomic E-state index is 0.00444. The topological polar surface area (TPSA) is 257 Å². The minimum atomic E-state index is -1.67. The Labute approximate surface area is 392 Å². The van der Waals surface area contributed by atoms with Gasteiger partial charge in [-0.3, -0.25) is 9.59 Å². The van der Waals surface area contributed by atoms with Gasteiger partial charge in [0.15, 0.2) is 18.9 Å². The van der Waals surface area contributed by atoms with Gasteiger partial charge in [-0.1, -0.05) is 19.9 Å². The summed E-state index contributed by atoms with van der Waals surface area (Å²) in [4.78, 5) is 40.1. The van der Waals surface area contributed by atoms with E-state index < -0.39 is 145 Å². The van der Waals surface area contributed by atoms with Crippen LogP contribution in [0.4, 0.5) is 0 Å². The molecule has 4 aliphatic heterocycles. The van der Waals surface area contributed by atoms with E-state index in [-0.39, 0.29) is 23.7 Å². The van der Waals surface area contributed by atoms with Crippen molar-refractivity contribution in [3.8, 4) is 0 Å². The summed E-state index contributed by atoms with van der Waals surface area (Å²) in [5.41, 5.74) is -2.24. The molecule has 8 aliphatic rings. The van der Waals surface area contributed by atoms with Crippen molar-refractivity contribution in [2.75, 3.05) is 20.8 Å². The maximum atomic E-state index is 13.6. The number of Topliss-reactive ketones (excluding diaryl/α,β-unsaturated/α-hetero) is 1. The maximum Gasteiger partial charge on any atom is 0.333 e. The summed E-state index contributed by atoms with van der Waals surface area (Å²) in [6.45, 7) is 13.5. The molecule has 0 aromatic carbocycles. The van der Waals surface area contributed by atoms with Crippen LogP contribution in [0.1, 0.15) is 107 Å². The zero-order valence-corrected chi connectivity index (χ0v) is 40.4. The van der Waals surface area contributed by atoms with Gasteiger partial charge in [-0.15, -0.1) is 0 Å². The Kier molecular flexibility index (Phi) is 14.6. The van der Waals surface area contributed by atoms with Crippen molar-refractivity contribution in [2.45, 2.75) is 222 Å². The molecule has 380 valence electrons. The summed E-state index contributed by atoms with van der Waals surface area (Å²) in [7, 11) is 2.94. The van der Waals surface area contributed by atoms with E-state index in [0.717, 1.165) is 6.42 Å². The number of methoxy groups -OCH3 is 2. The van der Waals surface area contributed by atoms with E-state index >= 15 is 0 Å². The van der Waals surface area contributed by atoms with Crippen LogP contribution in [-0.4, -0.2) is 180 Å². The predicted molar refractivity (Wildman–Crippen MR) is 230 cm³/mol. The second kappa shape index (κ2) is 19.1. The van der Waals surface area contributed by atoms with Crippen molar-refractivity contribution in [1.82, 2.24) is 0 Å². The van der Waals surface area contributed by atoms with Crippen LogP contribution in [0.2, 0.25) is 0 Å². The standard InChI is InChI=1S/C48H74O19/c1-11-21(2)42(56)66-41-39(61-25(6)51)40-45(7)15-13-27(18-26(45)12-16-47(40)48(67-47)17-14-28(22(3)50)46(41,48)8)62-31-19-29(57-9)36(23(4)59-31)64-44-35(55)38(58-10)37(24(5)60-44)65-43-34(54)33(53)32(52)30(20-49)63-43/h11,23-24,26-41,43-44,49,52-55H,12-20H2,1-10H3/b21-11+/t23-,24-,26+,27+,28+,29-,30-,31+,32-,33+,34-,35-,36-,37-,38+,39+,40-,41-,43+,44+,45+,46+,47+,48-/m1/s1. The highest BCUT2D eigenvalue weighted by Gasteiger charge is 2.91. The first-order valence-electron chi connectivity index (χ1n) is 24.2. The number of ketones is 1. The molecule has 8 fully saturated rings. The molecule has 0 unspecified atom stereocenters. The SMILES string of the molecule is C/C=C(\C)C(=O)O[C@@H]1[C@@H](OC(C)=O)[C@@H]2[C@@]3(C)CC[C@H](O[C@H]4C[C@@H](OC)[C@H](O[C@@H]5O[C@H](C)[C@@H](O[C@@H]6O[C@H](CO)[C@@H](O)[C@H](O)[C@H]6O)[C@@H](OC)[C@H]5O)[C@@H](C)O4)C[C@@H]3CC[C@]23O[C@@]32CC[C@@H](C(C)=O)[C@@]12C. The zero-order chi connectivity index (χ0) is 48.7. The third kappa shape index (κ3) is 8.25. The normalized spacial score (nSPS) is 51.7. The van der Waals surface area contributed by atoms with E-state index in [1.807, 2.05) is 13.8 Å². The molecule has 0 amide bonds. The van der Waals surface area contributed by atoms with Crippen LogP contribution in [0, 0.1) is 28.6 Å². The number of fused-ring (bicyclic) bond motifs is 2. The number of esters is 2. The number of ether oxygens (including phenoxy) is 11. The lowest BCUT2D eigenvalue weighted by Crippen LogP contribution is -2.70. The molecule has 8 rings (SSSR count). The molecule has 4 aliphatic carbocycles. The van der Waals surface area contributed by atoms with Gasteiger partial charge >= 0.3 is 11.9 Å². The number of rotatable bonds is 13. The van der Waals surface area contributed by atoms with Crippen molar-refractivity contribution in [2.24, 2.45) is 28.6 Å². The van der Waals surface area contributed by atoms with Crippen molar-refractivity contribution in [3.05, 3.63) is 11.6 Å². The summed E-state index contributed by atoms with van der Waals surface area (Å²) >= 11 is 0. The minimum Gasteiger partial charge on any atom is -0.458 e. The number of epoxide rings is 1. The second-order valence-electron chi connectivity index (χ2n) is 21.0. The highest BCUT2D eigenvalue weighted by atomic mass is 16.8. The van der Waals surface area contributed by atoms with E-state index in [2.05, 4.69) is 6.92 Å². The van der Waals surface area contributed by atoms with Gasteiger partial charge in [-0.25, -0.2) is 4.79 Å². The number of hydrogen-bond donors (Lipinski definition) is 5. The first-order chi connectivity index (χ1) is 31.7. The molecular weight excluding hydrogens is 881 g/mol. The largest absolute Gasteiger partial charge is 0.458 e. The van der Waals surface area contributed by atoms with Crippen LogP contribution < -0.4 is 0 Å². The molecule has 0 radical (unpaired) electrons. The molecule has 24 atom stereocenters. The number of aliphatic hydroxyl groups is 5. The van der Waals surface area contributed by atoms with Crippen LogP contribution in [0.5, 0.6) is 0 Å². The van der Waals surface area contributed by atoms with E-state index in [0.29, 0.717) is 50.5 Å². The number of aliphatic hydroxyl groups excluding tert-OH is 5. The summed E-state index contributed by atoms with van der Waals surface area (Å²) in [6.07, 6.45) is -10.6. The number of carbonyl (C=O) groups excluding carboxylic acids is 3. The summed E-state index contributed by atoms with van der Waals surface area (Å²) in [5.74, 6) is -1.60. The molecule has 4 saturated heterocycles. The van der Waals surface area contributed by atoms with Crippen LogP contribution >= 0.6 is 0 Å². The maximum absolute atomic E-state index is 13.6. The van der Waals surface area contributed by atoms with Crippen LogP contribution in [0.3, 0.4) is 0 Å². The lowest BCUT2D eigenvalue weighted by atomic mass is 9.43. The smallest absolute Gasteiger partial charge is 0.333 e. The molecule has 19 heteroatoms. The monoisotopic (exact) mass is 954 g/mol. The fraction of sp³-hybridized carbons (Fsp3) is 0.896. The Morgan fingerprint density at radius 3 is 2.06 bits per heavy atom. The van der Waals surface area contributed by atoms with E-state index in [1.165, 1.54) is 14.0 Å². The number of hydrogen-bond acceptors (Lipinski definition) is 19. The fourth-order valence-electron chi connectivity index (χ4n) is 14.1. The quantitative estimate of drug-likeness (QED) is 0.0763. The van der Waals surface area contributed by atoms with Crippen LogP contribution in [0.15, 0.2) is 11.6 Å². The van der Waals surface area contributed by atoms with Gasteiger partial charge in [-0.05, 0) is 90.9 Å². The first-order valence-corrected chi connectivity index (χ1v) is 24.2. The Morgan fingerprint density at radius 1 is 0.731 bits per heavy atom. The van der Waals surface area contributed by atoms with Crippen molar-refractivity contribution in [3.63, 3.8) is 0 Å². The summed E-state index contributed by atoms with van der Waals surface area (Å²) < 4.78 is 68.9. The van der Waals surface area contributed by atoms with Gasteiger partial charge in [-0.2, -0.15) is 0 Å². The number of carbonyl (C=O) groups is 3. The van der Waals surface area contributed by atoms with Crippen molar-refractivity contribution < 1.29 is 92.0 Å². The van der Waals surface area contributed by atoms with Gasteiger partial charge in [0, 0.05) is 50.4 Å². The van der Waals surface area contributed by atoms with Crippen molar-refractivity contribution >= 4 is 17.7 Å². The van der Waals surface area contributed by atoms with Gasteiger partial charge in [0.05, 0.1) is 31.0 Å². The third-order valence-electron chi connectivity index (χ3n) is 17.7. The van der Waals surface area contributed by atoms with E-state index in [1.54, 1.807) is 40.9 Å². The van der Waals surface area contributed by atoms with Gasteiger partial charge in [0.1, 0.15) is 78.0 Å². The average molecular weight is 955 g/mol. The van der Waals surface area contributed by atoms with Gasteiger partial charge in [0.25, 0.3) is 0 Å². The lowest BCUT2D eigenvalue weighted by molar-refractivity contribution is -0.371. The Morgan fingerprint density at radius 2 is 1.42 bits per heavy atom. The van der Waals surface area contributed by atoms with Crippen LogP contribution in [0.25, 0.3) is 0 Å². The zero-order valence-electron chi connectivity index (χ0n) is 40.4. The number of allylic oxidation sites excluding steroid dienone is 1. The molecule has 4 heterocycles. The Balaban J connectivity index is 0.940. The van der Waals surface area contributed by atoms with Gasteiger partial charge < -0.3 is 77.6 Å². The van der Waals surface area contributed by atoms with Crippen LogP contribution in [-0.2, 0) is 66.5 Å². The molecule has 4 saturated carbocycles. The van der Waals surface area contributed by atoms with Crippen molar-refractivity contribution in [1.29, 1.82) is 0 Å². The average Bonchev–Trinajstić information content (AvgIpc) is 3.84. The first kappa shape index (κ1) is 51.2. The second-order valence-corrected chi connectivity index (χ2v) is 21.0. The lowest BCUT2D eigenvalue weighted by Gasteiger charge is -2.61. The molecule has 2 spiro atoms. The molecule has 0 bridgehead atoms. The summed E-state index contributed by atoms with van der Waals surface area (Å²) in [6, 6.07) is 0. The predicted octanol–water partition coefficient (Wildman–Crippen LogP) is 1.77. The Bertz CT molecular complexity index is 1860. The summed E-state index contributed by atoms with van der Waals surface area (Å²) in [5, 5.41) is 52.3. The Hall–Kier alpha value is -2.21. The molecule has 19 nitrogen and oxygen atoms in total. The highest BCUT2D eigenvalue weighted by Crippen LogP contribution is 2.81. The molecule has 0 aromatic rings. The molecule has 0 aromatic heterocycles. The molecule has 5 N–H and O–H groups in total. The highest BCUT2D eigenvalue weighted by molar-refractivity contribution is 5.88. The van der Waals surface area contributed by atoms with E-state index in [4.69, 9.17) is 52.1 Å². The van der Waals surface area contributed by atoms with Gasteiger partial charge in [0.2, 0.25) is 0 Å². The third-order valence-corrected chi connectivity index (χ3v) is 17.7. The van der Waals surface area contributed by atoms with E-state index in [9.17, 15) is 39.9 Å². The fourth-order valence-corrected chi connectivity index (χ4v) is 14.1.